The maximum atomic E-state index is 11.0. The first-order valence-corrected chi connectivity index (χ1v) is 8.54. The van der Waals surface area contributed by atoms with Gasteiger partial charge in [0.1, 0.15) is 11.5 Å². The first kappa shape index (κ1) is 17.4. The highest BCUT2D eigenvalue weighted by Gasteiger charge is 2.05. The van der Waals surface area contributed by atoms with E-state index in [1.165, 1.54) is 36.6 Å². The molecule has 0 bridgehead atoms. The molecular weight excluding hydrogens is 352 g/mol. The Kier molecular flexibility index (Phi) is 5.14. The molecule has 2 aromatic carbocycles. The van der Waals surface area contributed by atoms with Gasteiger partial charge in [-0.2, -0.15) is 5.10 Å². The zero-order valence-corrected chi connectivity index (χ0v) is 14.6. The van der Waals surface area contributed by atoms with E-state index >= 15 is 0 Å². The molecule has 0 radical (unpaired) electrons. The van der Waals surface area contributed by atoms with E-state index in [0.29, 0.717) is 10.7 Å². The second-order valence-electron chi connectivity index (χ2n) is 5.41. The fourth-order valence-electron chi connectivity index (χ4n) is 2.18. The molecule has 1 amide bonds. The zero-order chi connectivity index (χ0) is 18.5. The first-order valence-electron chi connectivity index (χ1n) is 7.66. The van der Waals surface area contributed by atoms with Crippen LogP contribution >= 0.6 is 11.3 Å². The summed E-state index contributed by atoms with van der Waals surface area (Å²) in [5.74, 6) is -0.188. The lowest BCUT2D eigenvalue weighted by molar-refractivity contribution is -0.114. The smallest absolute Gasteiger partial charge is 0.221 e. The van der Waals surface area contributed by atoms with Gasteiger partial charge in [-0.1, -0.05) is 12.1 Å². The zero-order valence-electron chi connectivity index (χ0n) is 13.8. The van der Waals surface area contributed by atoms with Crippen molar-refractivity contribution in [1.82, 2.24) is 4.98 Å². The van der Waals surface area contributed by atoms with Crippen molar-refractivity contribution in [3.8, 4) is 22.8 Å². The Morgan fingerprint density at radius 3 is 2.65 bits per heavy atom. The number of nitrogens with zero attached hydrogens (tertiary/aromatic N) is 2. The highest BCUT2D eigenvalue weighted by Crippen LogP contribution is 2.26. The summed E-state index contributed by atoms with van der Waals surface area (Å²) in [6.45, 7) is 1.46. The molecule has 8 heteroatoms. The standard InChI is InChI=1S/C18H16N4O3S/c1-11(23)20-14-5-2-12(3-6-14)16-10-26-18(21-16)22-19-9-13-4-7-15(24)8-17(13)25/h2-10,24-25H,1H3,(H,20,23)(H,21,22)/b19-9-. The number of carbonyl (C=O) groups is 1. The van der Waals surface area contributed by atoms with Crippen molar-refractivity contribution < 1.29 is 15.0 Å². The molecule has 0 saturated carbocycles. The number of hydrazone groups is 1. The molecule has 7 nitrogen and oxygen atoms in total. The van der Waals surface area contributed by atoms with Crippen molar-refractivity contribution in [1.29, 1.82) is 0 Å². The first-order chi connectivity index (χ1) is 12.5. The second kappa shape index (κ2) is 7.66. The van der Waals surface area contributed by atoms with Crippen LogP contribution in [0.5, 0.6) is 11.5 Å². The molecule has 1 heterocycles. The molecule has 0 unspecified atom stereocenters. The Morgan fingerprint density at radius 2 is 1.96 bits per heavy atom. The summed E-state index contributed by atoms with van der Waals surface area (Å²) in [4.78, 5) is 15.5. The number of aromatic nitrogens is 1. The normalized spacial score (nSPS) is 10.8. The Labute approximate surface area is 153 Å². The number of anilines is 2. The summed E-state index contributed by atoms with van der Waals surface area (Å²) in [5.41, 5.74) is 5.72. The van der Waals surface area contributed by atoms with Gasteiger partial charge in [-0.3, -0.25) is 10.2 Å². The van der Waals surface area contributed by atoms with Crippen molar-refractivity contribution in [2.24, 2.45) is 5.10 Å². The van der Waals surface area contributed by atoms with Crippen molar-refractivity contribution >= 4 is 34.3 Å². The molecule has 0 aliphatic rings. The Bertz CT molecular complexity index is 951. The minimum atomic E-state index is -0.115. The number of aromatic hydroxyl groups is 2. The molecule has 3 rings (SSSR count). The van der Waals surface area contributed by atoms with Gasteiger partial charge in [0, 0.05) is 35.2 Å². The van der Waals surface area contributed by atoms with Crippen LogP contribution in [0.25, 0.3) is 11.3 Å². The van der Waals surface area contributed by atoms with Crippen LogP contribution in [0.15, 0.2) is 52.9 Å². The van der Waals surface area contributed by atoms with Crippen LogP contribution in [-0.2, 0) is 4.79 Å². The summed E-state index contributed by atoms with van der Waals surface area (Å²) in [5, 5.41) is 28.2. The van der Waals surface area contributed by atoms with E-state index in [1.54, 1.807) is 6.07 Å². The monoisotopic (exact) mass is 368 g/mol. The number of thiazole rings is 1. The molecule has 1 aromatic heterocycles. The van der Waals surface area contributed by atoms with Crippen LogP contribution in [0, 0.1) is 0 Å². The predicted molar refractivity (Wildman–Crippen MR) is 103 cm³/mol. The number of hydrogen-bond acceptors (Lipinski definition) is 7. The molecular formula is C18H16N4O3S. The van der Waals surface area contributed by atoms with Gasteiger partial charge in [0.25, 0.3) is 0 Å². The van der Waals surface area contributed by atoms with E-state index < -0.39 is 0 Å². The molecule has 4 N–H and O–H groups in total. The topological polar surface area (TPSA) is 107 Å². The number of nitrogens with one attached hydrogen (secondary N) is 2. The third-order valence-electron chi connectivity index (χ3n) is 3.38. The fourth-order valence-corrected chi connectivity index (χ4v) is 2.85. The van der Waals surface area contributed by atoms with Crippen molar-refractivity contribution in [3.05, 3.63) is 53.4 Å². The van der Waals surface area contributed by atoms with Crippen LogP contribution in [0.1, 0.15) is 12.5 Å². The molecule has 0 spiro atoms. The highest BCUT2D eigenvalue weighted by molar-refractivity contribution is 7.14. The summed E-state index contributed by atoms with van der Waals surface area (Å²) in [6, 6.07) is 11.6. The number of phenolic OH excluding ortho intramolecular Hbond substituents is 2. The van der Waals surface area contributed by atoms with Gasteiger partial charge in [-0.25, -0.2) is 4.98 Å². The van der Waals surface area contributed by atoms with E-state index in [2.05, 4.69) is 20.8 Å². The average Bonchev–Trinajstić information content (AvgIpc) is 3.06. The molecule has 0 fully saturated rings. The minimum absolute atomic E-state index is 0.0123. The van der Waals surface area contributed by atoms with Gasteiger partial charge in [0.15, 0.2) is 0 Å². The Balaban J connectivity index is 1.66. The van der Waals surface area contributed by atoms with Gasteiger partial charge < -0.3 is 15.5 Å². The van der Waals surface area contributed by atoms with E-state index in [4.69, 9.17) is 0 Å². The van der Waals surface area contributed by atoms with E-state index in [1.807, 2.05) is 29.6 Å². The summed E-state index contributed by atoms with van der Waals surface area (Å²) >= 11 is 1.39. The van der Waals surface area contributed by atoms with Gasteiger partial charge >= 0.3 is 0 Å². The minimum Gasteiger partial charge on any atom is -0.508 e. The molecule has 0 saturated heterocycles. The van der Waals surface area contributed by atoms with Crippen LogP contribution in [0.4, 0.5) is 10.8 Å². The summed E-state index contributed by atoms with van der Waals surface area (Å²) < 4.78 is 0. The lowest BCUT2D eigenvalue weighted by Crippen LogP contribution is -2.05. The van der Waals surface area contributed by atoms with Gasteiger partial charge in [0.2, 0.25) is 11.0 Å². The van der Waals surface area contributed by atoms with Crippen molar-refractivity contribution in [3.63, 3.8) is 0 Å². The third kappa shape index (κ3) is 4.37. The third-order valence-corrected chi connectivity index (χ3v) is 4.13. The number of rotatable bonds is 5. The average molecular weight is 368 g/mol. The van der Waals surface area contributed by atoms with Gasteiger partial charge in [0.05, 0.1) is 11.9 Å². The van der Waals surface area contributed by atoms with Crippen molar-refractivity contribution in [2.45, 2.75) is 6.92 Å². The summed E-state index contributed by atoms with van der Waals surface area (Å²) in [6.07, 6.45) is 1.44. The molecule has 26 heavy (non-hydrogen) atoms. The number of carbonyl (C=O) groups excluding carboxylic acids is 1. The maximum Gasteiger partial charge on any atom is 0.221 e. The summed E-state index contributed by atoms with van der Waals surface area (Å²) in [7, 11) is 0. The van der Waals surface area contributed by atoms with Crippen LogP contribution in [0.3, 0.4) is 0 Å². The predicted octanol–water partition coefficient (Wildman–Crippen LogP) is 3.63. The molecule has 132 valence electrons. The SMILES string of the molecule is CC(=O)Nc1ccc(-c2csc(N/N=C\c3ccc(O)cc3O)n2)cc1. The van der Waals surface area contributed by atoms with Crippen LogP contribution in [0.2, 0.25) is 0 Å². The number of hydrogen-bond donors (Lipinski definition) is 4. The Hall–Kier alpha value is -3.39. The number of benzene rings is 2. The fraction of sp³-hybridized carbons (Fsp3) is 0.0556. The van der Waals surface area contributed by atoms with Crippen molar-refractivity contribution in [2.75, 3.05) is 10.7 Å². The van der Waals surface area contributed by atoms with Gasteiger partial charge in [-0.05, 0) is 24.3 Å². The molecule has 0 aliphatic heterocycles. The lowest BCUT2D eigenvalue weighted by Gasteiger charge is -2.02. The Morgan fingerprint density at radius 1 is 1.19 bits per heavy atom. The molecule has 3 aromatic rings. The van der Waals surface area contributed by atoms with Crippen LogP contribution < -0.4 is 10.7 Å². The largest absolute Gasteiger partial charge is 0.508 e. The maximum absolute atomic E-state index is 11.0. The number of amides is 1. The molecule has 0 atom stereocenters. The van der Waals surface area contributed by atoms with E-state index in [-0.39, 0.29) is 17.4 Å². The van der Waals surface area contributed by atoms with Gasteiger partial charge in [-0.15, -0.1) is 11.3 Å². The highest BCUT2D eigenvalue weighted by atomic mass is 32.1. The number of phenols is 2. The van der Waals surface area contributed by atoms with Crippen LogP contribution in [-0.4, -0.2) is 27.3 Å². The second-order valence-corrected chi connectivity index (χ2v) is 6.27. The molecule has 0 aliphatic carbocycles. The van der Waals surface area contributed by atoms with E-state index in [9.17, 15) is 15.0 Å². The van der Waals surface area contributed by atoms with E-state index in [0.717, 1.165) is 16.9 Å². The lowest BCUT2D eigenvalue weighted by atomic mass is 10.1. The quantitative estimate of drug-likeness (QED) is 0.406.